The number of aliphatic hydroxyl groups is 4. The molecule has 0 heterocycles. The Hall–Kier alpha value is -1.87. The average Bonchev–Trinajstić information content (AvgIpc) is 3.07. The highest BCUT2D eigenvalue weighted by Gasteiger charge is 2.03. The van der Waals surface area contributed by atoms with Gasteiger partial charge in [0.25, 0.3) is 0 Å². The summed E-state index contributed by atoms with van der Waals surface area (Å²) in [7, 11) is 1.00. The molecule has 0 amide bonds. The second kappa shape index (κ2) is 48.0. The minimum Gasteiger partial charge on any atom is -0.400 e. The maximum Gasteiger partial charge on any atom is 0.0587 e. The highest BCUT2D eigenvalue weighted by atomic mass is 79.9. The number of rotatable bonds is 18. The van der Waals surface area contributed by atoms with Crippen LogP contribution in [-0.2, 0) is 13.1 Å². The van der Waals surface area contributed by atoms with Crippen LogP contribution in [0.2, 0.25) is 0 Å². The predicted molar refractivity (Wildman–Crippen MR) is 192 cm³/mol. The van der Waals surface area contributed by atoms with E-state index in [0.29, 0.717) is 5.33 Å². The van der Waals surface area contributed by atoms with E-state index < -0.39 is 0 Å². The smallest absolute Gasteiger partial charge is 0.0587 e. The van der Waals surface area contributed by atoms with Crippen molar-refractivity contribution in [2.75, 3.05) is 65.0 Å². The summed E-state index contributed by atoms with van der Waals surface area (Å²) < 4.78 is 0. The molecule has 0 atom stereocenters. The van der Waals surface area contributed by atoms with E-state index in [9.17, 15) is 0 Å². The highest BCUT2D eigenvalue weighted by molar-refractivity contribution is 9.09. The molecule has 8 nitrogen and oxygen atoms in total. The molecule has 6 N–H and O–H groups in total. The molecule has 2 aromatic rings. The summed E-state index contributed by atoms with van der Waals surface area (Å²) in [4.78, 5) is 2.30. The molecule has 0 unspecified atom stereocenters. The Bertz CT molecular complexity index is 760. The minimum absolute atomic E-state index is 0.236. The van der Waals surface area contributed by atoms with Gasteiger partial charge in [0.1, 0.15) is 0 Å². The molecule has 0 aliphatic rings. The molecular weight excluding hydrogens is 620 g/mol. The second-order valence-corrected chi connectivity index (χ2v) is 10.1. The van der Waals surface area contributed by atoms with E-state index >= 15 is 0 Å². The van der Waals surface area contributed by atoms with Crippen LogP contribution >= 0.6 is 15.9 Å². The van der Waals surface area contributed by atoms with Gasteiger partial charge in [0.05, 0.1) is 25.9 Å². The normalized spacial score (nSPS) is 9.23. The fraction of sp³-hybridized carbons (Fsp3) is 0.629. The molecule has 2 aromatic carbocycles. The molecular formula is C35H65BrN4O4. The van der Waals surface area contributed by atoms with E-state index in [1.807, 2.05) is 6.07 Å². The fourth-order valence-electron chi connectivity index (χ4n) is 3.27. The first kappa shape index (κ1) is 49.0. The number of benzene rings is 2. The van der Waals surface area contributed by atoms with Gasteiger partial charge in [-0.05, 0) is 50.0 Å². The van der Waals surface area contributed by atoms with Crippen LogP contribution in [0.4, 0.5) is 0 Å². The topological polar surface area (TPSA) is 132 Å². The van der Waals surface area contributed by atoms with Crippen LogP contribution < -0.4 is 10.6 Å². The second-order valence-electron chi connectivity index (χ2n) is 9.32. The van der Waals surface area contributed by atoms with Crippen molar-refractivity contribution < 1.29 is 20.4 Å². The van der Waals surface area contributed by atoms with Gasteiger partial charge in [-0.3, -0.25) is 4.90 Å². The molecule has 0 aliphatic heterocycles. The molecule has 0 fully saturated rings. The lowest BCUT2D eigenvalue weighted by molar-refractivity contribution is 0.188. The molecule has 0 saturated heterocycles. The third-order valence-corrected chi connectivity index (χ3v) is 5.81. The quantitative estimate of drug-likeness (QED) is 0.0866. The van der Waals surface area contributed by atoms with Crippen molar-refractivity contribution in [3.05, 3.63) is 71.8 Å². The lowest BCUT2D eigenvalue weighted by atomic mass is 10.2. The van der Waals surface area contributed by atoms with Gasteiger partial charge in [-0.15, -0.1) is 0 Å². The molecule has 2 rings (SSSR count). The number of nitrogens with zero attached hydrogens (tertiary/aromatic N) is 2. The molecule has 0 saturated carbocycles. The Morgan fingerprint density at radius 2 is 1.14 bits per heavy atom. The zero-order valence-corrected chi connectivity index (χ0v) is 29.9. The Balaban J connectivity index is -0.000000247. The van der Waals surface area contributed by atoms with Crippen molar-refractivity contribution in [3.8, 4) is 6.07 Å². The number of nitriles is 1. The van der Waals surface area contributed by atoms with Gasteiger partial charge < -0.3 is 31.1 Å². The van der Waals surface area contributed by atoms with E-state index in [0.717, 1.165) is 52.9 Å². The third-order valence-electron chi connectivity index (χ3n) is 5.45. The number of hydrogen-bond acceptors (Lipinski definition) is 8. The predicted octanol–water partition coefficient (Wildman–Crippen LogP) is 5.74. The van der Waals surface area contributed by atoms with Gasteiger partial charge in [0, 0.05) is 45.5 Å². The highest BCUT2D eigenvalue weighted by Crippen LogP contribution is 2.05. The van der Waals surface area contributed by atoms with Crippen molar-refractivity contribution in [1.29, 1.82) is 5.26 Å². The summed E-state index contributed by atoms with van der Waals surface area (Å²) >= 11 is 3.00. The largest absolute Gasteiger partial charge is 0.400 e. The fourth-order valence-corrected chi connectivity index (χ4v) is 3.27. The lowest BCUT2D eigenvalue weighted by Crippen LogP contribution is -2.27. The zero-order chi connectivity index (χ0) is 33.9. The van der Waals surface area contributed by atoms with Crippen LogP contribution in [0, 0.1) is 11.3 Å². The molecule has 44 heavy (non-hydrogen) atoms. The number of hydrogen-bond donors (Lipinski definition) is 6. The van der Waals surface area contributed by atoms with Gasteiger partial charge >= 0.3 is 0 Å². The van der Waals surface area contributed by atoms with Gasteiger partial charge in [-0.25, -0.2) is 0 Å². The molecule has 0 radical (unpaired) electrons. The van der Waals surface area contributed by atoms with Crippen LogP contribution in [0.25, 0.3) is 0 Å². The summed E-state index contributed by atoms with van der Waals surface area (Å²) in [5.41, 5.74) is 2.69. The van der Waals surface area contributed by atoms with Crippen molar-refractivity contribution in [2.24, 2.45) is 0 Å². The van der Waals surface area contributed by atoms with Gasteiger partial charge in [0.15, 0.2) is 0 Å². The number of halogens is 1. The van der Waals surface area contributed by atoms with Crippen molar-refractivity contribution in [3.63, 3.8) is 0 Å². The van der Waals surface area contributed by atoms with Crippen molar-refractivity contribution in [1.82, 2.24) is 15.5 Å². The number of nitrogens with one attached hydrogen (secondary N) is 2. The first-order valence-electron chi connectivity index (χ1n) is 15.9. The first-order chi connectivity index (χ1) is 21.5. The Labute approximate surface area is 278 Å². The standard InChI is InChI=1S/C13H21NO.C11H17N.C6H15NO.C2H5BrO.C2H3N.CH4O/c1-2-3-9-14(10-11-15)12-13-7-5-4-6-8-13;1-2-3-9-12-10-11-7-5-4-6-8-11;1-2-3-4-7-5-6-8;3-1-2-4;1-2-3;1-2/h4-8,15H,2-3,9-12H2,1H3;4-8,12H,2-3,9-10H2,1H3;7-8H,2-6H2,1H3;4H,1-2H2;1H3;2H,1H3. The maximum absolute atomic E-state index is 8.97. The first-order valence-corrected chi connectivity index (χ1v) is 17.0. The molecule has 0 bridgehead atoms. The molecule has 0 aromatic heterocycles. The molecule has 256 valence electrons. The summed E-state index contributed by atoms with van der Waals surface area (Å²) in [5, 5.41) is 46.6. The van der Waals surface area contributed by atoms with Crippen molar-refractivity contribution >= 4 is 15.9 Å². The van der Waals surface area contributed by atoms with Crippen LogP contribution in [0.3, 0.4) is 0 Å². The summed E-state index contributed by atoms with van der Waals surface area (Å²) in [6, 6.07) is 22.7. The number of unbranched alkanes of at least 4 members (excludes halogenated alkanes) is 3. The van der Waals surface area contributed by atoms with E-state index in [4.69, 9.17) is 25.7 Å². The average molecular weight is 686 g/mol. The molecule has 0 aliphatic carbocycles. The zero-order valence-electron chi connectivity index (χ0n) is 28.4. The SMILES string of the molecule is CC#N.CCCCN(CCO)Cc1ccccc1.CCCCNCCO.CCCCNCc1ccccc1.CO.OCCBr. The van der Waals surface area contributed by atoms with E-state index in [1.165, 1.54) is 56.6 Å². The van der Waals surface area contributed by atoms with Crippen LogP contribution in [0.5, 0.6) is 0 Å². The lowest BCUT2D eigenvalue weighted by Gasteiger charge is -2.20. The van der Waals surface area contributed by atoms with Gasteiger partial charge in [-0.2, -0.15) is 5.26 Å². The third kappa shape index (κ3) is 44.6. The summed E-state index contributed by atoms with van der Waals surface area (Å²) in [5.74, 6) is 0. The van der Waals surface area contributed by atoms with Crippen LogP contribution in [0.15, 0.2) is 60.7 Å². The van der Waals surface area contributed by atoms with Crippen LogP contribution in [0.1, 0.15) is 77.3 Å². The molecule has 9 heteroatoms. The Kier molecular flexibility index (Phi) is 53.5. The summed E-state index contributed by atoms with van der Waals surface area (Å²) in [6.07, 6.45) is 7.37. The van der Waals surface area contributed by atoms with E-state index in [1.54, 1.807) is 6.07 Å². The molecule has 0 spiro atoms. The van der Waals surface area contributed by atoms with Crippen LogP contribution in [-0.4, -0.2) is 90.3 Å². The Morgan fingerprint density at radius 3 is 1.55 bits per heavy atom. The number of aliphatic hydroxyl groups excluding tert-OH is 4. The van der Waals surface area contributed by atoms with E-state index in [2.05, 4.69) is 107 Å². The Morgan fingerprint density at radius 1 is 0.682 bits per heavy atom. The van der Waals surface area contributed by atoms with E-state index in [-0.39, 0.29) is 19.8 Å². The minimum atomic E-state index is 0.236. The van der Waals surface area contributed by atoms with Gasteiger partial charge in [0.2, 0.25) is 0 Å². The maximum atomic E-state index is 8.97. The monoisotopic (exact) mass is 684 g/mol. The summed E-state index contributed by atoms with van der Waals surface area (Å²) in [6.45, 7) is 15.4. The van der Waals surface area contributed by atoms with Crippen molar-refractivity contribution in [2.45, 2.75) is 79.3 Å². The number of alkyl halides is 1. The van der Waals surface area contributed by atoms with Gasteiger partial charge in [-0.1, -0.05) is 117 Å².